The van der Waals surface area contributed by atoms with E-state index in [-0.39, 0.29) is 17.4 Å². The molecule has 2 atom stereocenters. The molecule has 0 radical (unpaired) electrons. The van der Waals surface area contributed by atoms with Crippen molar-refractivity contribution in [3.8, 4) is 0 Å². The quantitative estimate of drug-likeness (QED) is 0.927. The number of para-hydroxylation sites is 1. The lowest BCUT2D eigenvalue weighted by atomic mass is 9.54. The van der Waals surface area contributed by atoms with Gasteiger partial charge in [-0.25, -0.2) is 0 Å². The van der Waals surface area contributed by atoms with Gasteiger partial charge in [-0.15, -0.1) is 0 Å². The van der Waals surface area contributed by atoms with Gasteiger partial charge in [0, 0.05) is 31.2 Å². The van der Waals surface area contributed by atoms with E-state index in [0.717, 1.165) is 11.3 Å². The first-order chi connectivity index (χ1) is 9.75. The normalized spacial score (nSPS) is 27.0. The number of rotatable bonds is 4. The molecule has 1 saturated carbocycles. The monoisotopic (exact) mass is 290 g/mol. The fourth-order valence-corrected chi connectivity index (χ4v) is 3.15. The van der Waals surface area contributed by atoms with Crippen molar-refractivity contribution in [2.24, 2.45) is 11.1 Å². The minimum atomic E-state index is -0.871. The number of carbonyl (C=O) groups excluding carboxylic acids is 1. The Hall–Kier alpha value is -1.39. The zero-order valence-electron chi connectivity index (χ0n) is 13.6. The molecule has 1 fully saturated rings. The molecule has 0 aliphatic heterocycles. The maximum Gasteiger partial charge on any atom is 0.247 e. The molecule has 21 heavy (non-hydrogen) atoms. The van der Waals surface area contributed by atoms with Crippen LogP contribution >= 0.6 is 0 Å². The van der Waals surface area contributed by atoms with E-state index < -0.39 is 5.54 Å². The van der Waals surface area contributed by atoms with Crippen LogP contribution in [-0.4, -0.2) is 31.2 Å². The smallest absolute Gasteiger partial charge is 0.247 e. The number of carbonyl (C=O) groups is 1. The van der Waals surface area contributed by atoms with Crippen molar-refractivity contribution in [2.75, 3.05) is 18.6 Å². The number of aryl methyl sites for hydroxylation is 1. The maximum atomic E-state index is 12.9. The molecular formula is C17H26N2O2. The van der Waals surface area contributed by atoms with Gasteiger partial charge in [0.15, 0.2) is 0 Å². The Morgan fingerprint density at radius 3 is 2.57 bits per heavy atom. The minimum absolute atomic E-state index is 0.0433. The van der Waals surface area contributed by atoms with Gasteiger partial charge in [-0.1, -0.05) is 32.0 Å². The van der Waals surface area contributed by atoms with E-state index in [1.165, 1.54) is 0 Å². The van der Waals surface area contributed by atoms with Crippen LogP contribution in [0.3, 0.4) is 0 Å². The van der Waals surface area contributed by atoms with Crippen LogP contribution < -0.4 is 10.6 Å². The number of anilines is 1. The summed E-state index contributed by atoms with van der Waals surface area (Å²) in [6, 6.07) is 7.84. The molecule has 0 heterocycles. The van der Waals surface area contributed by atoms with Gasteiger partial charge in [-0.2, -0.15) is 0 Å². The average Bonchev–Trinajstić information content (AvgIpc) is 2.45. The summed E-state index contributed by atoms with van der Waals surface area (Å²) in [6.07, 6.45) is 0.616. The van der Waals surface area contributed by atoms with Crippen LogP contribution in [0.15, 0.2) is 24.3 Å². The van der Waals surface area contributed by atoms with Crippen molar-refractivity contribution in [1.29, 1.82) is 0 Å². The summed E-state index contributed by atoms with van der Waals surface area (Å²) < 4.78 is 5.70. The zero-order valence-corrected chi connectivity index (χ0v) is 13.6. The predicted octanol–water partition coefficient (Wildman–Crippen LogP) is 2.49. The Bertz CT molecular complexity index is 541. The zero-order chi connectivity index (χ0) is 15.8. The van der Waals surface area contributed by atoms with Crippen molar-refractivity contribution in [3.05, 3.63) is 29.8 Å². The molecule has 1 aromatic carbocycles. The fraction of sp³-hybridized carbons (Fsp3) is 0.588. The SMILES string of the molecule is CCOC1CC(N)(C(=O)N(C)c2ccccc2C)C1(C)C. The number of nitrogens with zero attached hydrogens (tertiary/aromatic N) is 1. The molecule has 4 heteroatoms. The van der Waals surface area contributed by atoms with Gasteiger partial charge in [0.2, 0.25) is 5.91 Å². The first-order valence-electron chi connectivity index (χ1n) is 7.50. The molecule has 4 nitrogen and oxygen atoms in total. The molecule has 1 aliphatic carbocycles. The molecule has 1 amide bonds. The molecule has 0 saturated heterocycles. The second-order valence-electron chi connectivity index (χ2n) is 6.49. The summed E-state index contributed by atoms with van der Waals surface area (Å²) in [7, 11) is 1.80. The number of nitrogens with two attached hydrogens (primary N) is 1. The van der Waals surface area contributed by atoms with Crippen molar-refractivity contribution < 1.29 is 9.53 Å². The van der Waals surface area contributed by atoms with Crippen LogP contribution in [0, 0.1) is 12.3 Å². The van der Waals surface area contributed by atoms with Gasteiger partial charge in [-0.05, 0) is 25.5 Å². The van der Waals surface area contributed by atoms with E-state index in [2.05, 4.69) is 0 Å². The van der Waals surface area contributed by atoms with Crippen LogP contribution in [0.5, 0.6) is 0 Å². The highest BCUT2D eigenvalue weighted by molar-refractivity contribution is 6.01. The predicted molar refractivity (Wildman–Crippen MR) is 85.3 cm³/mol. The highest BCUT2D eigenvalue weighted by Gasteiger charge is 2.63. The lowest BCUT2D eigenvalue weighted by molar-refractivity contribution is -0.168. The largest absolute Gasteiger partial charge is 0.378 e. The van der Waals surface area contributed by atoms with Crippen LogP contribution in [-0.2, 0) is 9.53 Å². The maximum absolute atomic E-state index is 12.9. The van der Waals surface area contributed by atoms with E-state index in [1.807, 2.05) is 52.0 Å². The standard InChI is InChI=1S/C17H26N2O2/c1-6-21-14-11-17(18,16(14,3)4)15(20)19(5)13-10-8-7-9-12(13)2/h7-10,14H,6,11,18H2,1-5H3. The van der Waals surface area contributed by atoms with E-state index in [9.17, 15) is 4.79 Å². The van der Waals surface area contributed by atoms with Gasteiger partial charge < -0.3 is 15.4 Å². The minimum Gasteiger partial charge on any atom is -0.378 e. The lowest BCUT2D eigenvalue weighted by Crippen LogP contribution is -2.76. The van der Waals surface area contributed by atoms with Crippen molar-refractivity contribution in [2.45, 2.75) is 45.8 Å². The van der Waals surface area contributed by atoms with Crippen molar-refractivity contribution in [3.63, 3.8) is 0 Å². The van der Waals surface area contributed by atoms with E-state index in [4.69, 9.17) is 10.5 Å². The average molecular weight is 290 g/mol. The van der Waals surface area contributed by atoms with Crippen LogP contribution in [0.4, 0.5) is 5.69 Å². The van der Waals surface area contributed by atoms with E-state index in [0.29, 0.717) is 13.0 Å². The van der Waals surface area contributed by atoms with Crippen molar-refractivity contribution >= 4 is 11.6 Å². The van der Waals surface area contributed by atoms with E-state index >= 15 is 0 Å². The Morgan fingerprint density at radius 2 is 2.05 bits per heavy atom. The fourth-order valence-electron chi connectivity index (χ4n) is 3.15. The van der Waals surface area contributed by atoms with Crippen LogP contribution in [0.2, 0.25) is 0 Å². The number of amides is 1. The Balaban J connectivity index is 2.23. The molecule has 0 aromatic heterocycles. The molecule has 116 valence electrons. The summed E-state index contributed by atoms with van der Waals surface area (Å²) in [5, 5.41) is 0. The second-order valence-corrected chi connectivity index (χ2v) is 6.49. The summed E-state index contributed by atoms with van der Waals surface area (Å²) in [6.45, 7) is 8.64. The topological polar surface area (TPSA) is 55.6 Å². The molecule has 0 bridgehead atoms. The highest BCUT2D eigenvalue weighted by atomic mass is 16.5. The van der Waals surface area contributed by atoms with Gasteiger partial charge in [0.05, 0.1) is 6.10 Å². The summed E-state index contributed by atoms with van der Waals surface area (Å²) in [4.78, 5) is 14.6. The molecule has 2 unspecified atom stereocenters. The number of likely N-dealkylation sites (N-methyl/N-ethyl adjacent to an activating group) is 1. The molecule has 2 rings (SSSR count). The van der Waals surface area contributed by atoms with Gasteiger partial charge >= 0.3 is 0 Å². The van der Waals surface area contributed by atoms with Gasteiger partial charge in [0.25, 0.3) is 0 Å². The van der Waals surface area contributed by atoms with Crippen LogP contribution in [0.25, 0.3) is 0 Å². The third kappa shape index (κ3) is 2.36. The first-order valence-corrected chi connectivity index (χ1v) is 7.50. The third-order valence-corrected chi connectivity index (χ3v) is 4.99. The molecular weight excluding hydrogens is 264 g/mol. The highest BCUT2D eigenvalue weighted by Crippen LogP contribution is 2.50. The summed E-state index contributed by atoms with van der Waals surface area (Å²) in [5.74, 6) is -0.0437. The number of benzene rings is 1. The number of ether oxygens (including phenoxy) is 1. The molecule has 2 N–H and O–H groups in total. The second kappa shape index (κ2) is 5.43. The van der Waals surface area contributed by atoms with Gasteiger partial charge in [0.1, 0.15) is 5.54 Å². The van der Waals surface area contributed by atoms with Crippen molar-refractivity contribution in [1.82, 2.24) is 0 Å². The Morgan fingerprint density at radius 1 is 1.43 bits per heavy atom. The van der Waals surface area contributed by atoms with E-state index in [1.54, 1.807) is 11.9 Å². The first kappa shape index (κ1) is 16.0. The summed E-state index contributed by atoms with van der Waals surface area (Å²) >= 11 is 0. The lowest BCUT2D eigenvalue weighted by Gasteiger charge is -2.58. The van der Waals surface area contributed by atoms with Gasteiger partial charge in [-0.3, -0.25) is 4.79 Å². The molecule has 1 aromatic rings. The number of hydrogen-bond acceptors (Lipinski definition) is 3. The number of hydrogen-bond donors (Lipinski definition) is 1. The summed E-state index contributed by atoms with van der Waals surface area (Å²) in [5.41, 5.74) is 7.20. The molecule has 1 aliphatic rings. The Kier molecular flexibility index (Phi) is 4.13. The van der Waals surface area contributed by atoms with Crippen LogP contribution in [0.1, 0.15) is 32.8 Å². The Labute approximate surface area is 127 Å². The third-order valence-electron chi connectivity index (χ3n) is 4.99. The molecule has 0 spiro atoms.